The monoisotopic (exact) mass is 282 g/mol. The summed E-state index contributed by atoms with van der Waals surface area (Å²) in [6.07, 6.45) is 6.46. The molecule has 0 aromatic carbocycles. The maximum atomic E-state index is 4.45. The average molecular weight is 282 g/mol. The molecular formula is C13H14N8. The molecule has 3 aromatic rings. The zero-order valence-corrected chi connectivity index (χ0v) is 11.7. The van der Waals surface area contributed by atoms with Crippen LogP contribution in [0.25, 0.3) is 17.3 Å². The van der Waals surface area contributed by atoms with Gasteiger partial charge in [0.05, 0.1) is 0 Å². The van der Waals surface area contributed by atoms with E-state index in [1.165, 1.54) is 11.0 Å². The summed E-state index contributed by atoms with van der Waals surface area (Å²) in [5.74, 6) is 1.46. The first-order chi connectivity index (χ1) is 10.3. The third-order valence-corrected chi connectivity index (χ3v) is 2.86. The van der Waals surface area contributed by atoms with Crippen LogP contribution >= 0.6 is 0 Å². The Morgan fingerprint density at radius 1 is 1.19 bits per heavy atom. The van der Waals surface area contributed by atoms with Gasteiger partial charge in [0.25, 0.3) is 5.95 Å². The minimum atomic E-state index is 0.414. The number of pyridine rings is 1. The zero-order chi connectivity index (χ0) is 14.7. The number of rotatable bonds is 4. The molecule has 0 amide bonds. The Labute approximate surface area is 121 Å². The van der Waals surface area contributed by atoms with Crippen LogP contribution in [0.5, 0.6) is 0 Å². The van der Waals surface area contributed by atoms with Gasteiger partial charge in [-0.05, 0) is 25.5 Å². The van der Waals surface area contributed by atoms with E-state index in [1.54, 1.807) is 18.7 Å². The second-order valence-corrected chi connectivity index (χ2v) is 4.34. The minimum Gasteiger partial charge on any atom is -0.354 e. The number of anilines is 1. The summed E-state index contributed by atoms with van der Waals surface area (Å²) in [7, 11) is 0. The minimum absolute atomic E-state index is 0.414. The lowest BCUT2D eigenvalue weighted by molar-refractivity contribution is 0.796. The van der Waals surface area contributed by atoms with E-state index in [1.807, 2.05) is 19.9 Å². The maximum absolute atomic E-state index is 4.45. The van der Waals surface area contributed by atoms with Gasteiger partial charge in [-0.15, -0.1) is 0 Å². The summed E-state index contributed by atoms with van der Waals surface area (Å²) in [5.41, 5.74) is 1.91. The Kier molecular flexibility index (Phi) is 3.50. The molecule has 0 aliphatic heterocycles. The molecule has 3 heterocycles. The lowest BCUT2D eigenvalue weighted by atomic mass is 10.1. The van der Waals surface area contributed by atoms with Crippen molar-refractivity contribution in [3.8, 4) is 17.3 Å². The van der Waals surface area contributed by atoms with E-state index in [-0.39, 0.29) is 0 Å². The lowest BCUT2D eigenvalue weighted by Crippen LogP contribution is -2.10. The first-order valence-electron chi connectivity index (χ1n) is 6.54. The Morgan fingerprint density at radius 2 is 2.10 bits per heavy atom. The number of hydrogen-bond acceptors (Lipinski definition) is 7. The molecule has 3 rings (SSSR count). The van der Waals surface area contributed by atoms with Crippen molar-refractivity contribution in [2.75, 3.05) is 11.9 Å². The van der Waals surface area contributed by atoms with E-state index >= 15 is 0 Å². The molecule has 0 bridgehead atoms. The van der Waals surface area contributed by atoms with E-state index in [2.05, 4.69) is 35.3 Å². The van der Waals surface area contributed by atoms with E-state index < -0.39 is 0 Å². The summed E-state index contributed by atoms with van der Waals surface area (Å²) >= 11 is 0. The molecule has 8 nitrogen and oxygen atoms in total. The molecule has 0 radical (unpaired) electrons. The Balaban J connectivity index is 2.14. The van der Waals surface area contributed by atoms with E-state index in [9.17, 15) is 0 Å². The van der Waals surface area contributed by atoms with Crippen LogP contribution in [0.4, 0.5) is 5.95 Å². The quantitative estimate of drug-likeness (QED) is 0.769. The zero-order valence-electron chi connectivity index (χ0n) is 11.7. The van der Waals surface area contributed by atoms with Crippen LogP contribution in [0, 0.1) is 6.92 Å². The van der Waals surface area contributed by atoms with Crippen LogP contribution in [0.3, 0.4) is 0 Å². The highest BCUT2D eigenvalue weighted by Crippen LogP contribution is 2.19. The molecule has 0 atom stereocenters. The summed E-state index contributed by atoms with van der Waals surface area (Å²) in [6, 6.07) is 1.92. The van der Waals surface area contributed by atoms with Crippen molar-refractivity contribution in [3.63, 3.8) is 0 Å². The van der Waals surface area contributed by atoms with Crippen LogP contribution in [-0.4, -0.2) is 41.2 Å². The first-order valence-corrected chi connectivity index (χ1v) is 6.54. The molecule has 106 valence electrons. The fourth-order valence-corrected chi connectivity index (χ4v) is 1.83. The molecule has 1 N–H and O–H groups in total. The predicted octanol–water partition coefficient (Wildman–Crippen LogP) is 1.25. The summed E-state index contributed by atoms with van der Waals surface area (Å²) in [5, 5.41) is 7.15. The third-order valence-electron chi connectivity index (χ3n) is 2.86. The highest BCUT2D eigenvalue weighted by atomic mass is 15.4. The van der Waals surface area contributed by atoms with E-state index in [0.29, 0.717) is 24.3 Å². The van der Waals surface area contributed by atoms with Gasteiger partial charge in [-0.3, -0.25) is 4.98 Å². The van der Waals surface area contributed by atoms with Crippen molar-refractivity contribution >= 4 is 5.95 Å². The number of hydrogen-bond donors (Lipinski definition) is 1. The number of nitrogens with zero attached hydrogens (tertiary/aromatic N) is 7. The summed E-state index contributed by atoms with van der Waals surface area (Å²) < 4.78 is 1.50. The fourth-order valence-electron chi connectivity index (χ4n) is 1.83. The molecule has 0 aliphatic carbocycles. The average Bonchev–Trinajstić information content (AvgIpc) is 3.02. The lowest BCUT2D eigenvalue weighted by Gasteiger charge is -2.08. The van der Waals surface area contributed by atoms with Crippen LogP contribution in [0.1, 0.15) is 12.5 Å². The van der Waals surface area contributed by atoms with Crippen molar-refractivity contribution in [1.29, 1.82) is 0 Å². The molecule has 21 heavy (non-hydrogen) atoms. The van der Waals surface area contributed by atoms with Gasteiger partial charge in [-0.1, -0.05) is 0 Å². The van der Waals surface area contributed by atoms with Gasteiger partial charge < -0.3 is 5.32 Å². The van der Waals surface area contributed by atoms with Crippen LogP contribution in [0.2, 0.25) is 0 Å². The topological polar surface area (TPSA) is 94.3 Å². The molecule has 3 aromatic heterocycles. The maximum Gasteiger partial charge on any atom is 0.257 e. The molecule has 0 unspecified atom stereocenters. The molecule has 0 saturated heterocycles. The Morgan fingerprint density at radius 3 is 2.81 bits per heavy atom. The fraction of sp³-hybridized carbons (Fsp3) is 0.231. The molecule has 0 aliphatic rings. The van der Waals surface area contributed by atoms with Gasteiger partial charge in [0.2, 0.25) is 5.95 Å². The molecule has 0 spiro atoms. The van der Waals surface area contributed by atoms with Crippen LogP contribution in [0.15, 0.2) is 31.1 Å². The Hall–Kier alpha value is -2.90. The summed E-state index contributed by atoms with van der Waals surface area (Å²) in [4.78, 5) is 21.3. The van der Waals surface area contributed by atoms with Gasteiger partial charge >= 0.3 is 0 Å². The molecular weight excluding hydrogens is 268 g/mol. The smallest absolute Gasteiger partial charge is 0.257 e. The number of nitrogens with one attached hydrogen (secondary N) is 1. The normalized spacial score (nSPS) is 10.6. The van der Waals surface area contributed by atoms with Crippen molar-refractivity contribution in [2.24, 2.45) is 0 Å². The highest BCUT2D eigenvalue weighted by Gasteiger charge is 2.12. The second-order valence-electron chi connectivity index (χ2n) is 4.34. The number of aryl methyl sites for hydroxylation is 1. The van der Waals surface area contributed by atoms with Crippen molar-refractivity contribution in [1.82, 2.24) is 34.7 Å². The van der Waals surface area contributed by atoms with E-state index in [0.717, 1.165) is 11.1 Å². The number of aromatic nitrogens is 7. The van der Waals surface area contributed by atoms with Gasteiger partial charge in [0, 0.05) is 24.5 Å². The third kappa shape index (κ3) is 2.69. The van der Waals surface area contributed by atoms with Gasteiger partial charge in [-0.2, -0.15) is 24.7 Å². The first kappa shape index (κ1) is 13.1. The second kappa shape index (κ2) is 5.61. The molecule has 0 saturated carbocycles. The van der Waals surface area contributed by atoms with Gasteiger partial charge in [-0.25, -0.2) is 4.98 Å². The van der Waals surface area contributed by atoms with Gasteiger partial charge in [0.15, 0.2) is 5.82 Å². The predicted molar refractivity (Wildman–Crippen MR) is 76.9 cm³/mol. The molecule has 0 fully saturated rings. The standard InChI is InChI=1S/C13H14N8/c1-3-16-12-18-11(10-6-14-5-4-9(10)2)19-13(20-12)21-8-15-7-17-21/h4-8H,3H2,1-2H3,(H,16,18,19,20). The van der Waals surface area contributed by atoms with Crippen molar-refractivity contribution in [3.05, 3.63) is 36.7 Å². The highest BCUT2D eigenvalue weighted by molar-refractivity contribution is 5.59. The van der Waals surface area contributed by atoms with E-state index in [4.69, 9.17) is 0 Å². The SMILES string of the molecule is CCNc1nc(-c2cnccc2C)nc(-n2cncn2)n1. The summed E-state index contributed by atoms with van der Waals surface area (Å²) in [6.45, 7) is 4.68. The van der Waals surface area contributed by atoms with Crippen molar-refractivity contribution < 1.29 is 0 Å². The largest absolute Gasteiger partial charge is 0.354 e. The Bertz CT molecular complexity index is 738. The molecule has 8 heteroatoms. The van der Waals surface area contributed by atoms with Crippen LogP contribution < -0.4 is 5.32 Å². The van der Waals surface area contributed by atoms with Crippen molar-refractivity contribution in [2.45, 2.75) is 13.8 Å². The van der Waals surface area contributed by atoms with Gasteiger partial charge in [0.1, 0.15) is 12.7 Å². The van der Waals surface area contributed by atoms with Crippen LogP contribution in [-0.2, 0) is 0 Å².